The van der Waals surface area contributed by atoms with E-state index in [9.17, 15) is 0 Å². The SMILES string of the molecule is C=C(NCCOC)OC(C)(C)C. The summed E-state index contributed by atoms with van der Waals surface area (Å²) < 4.78 is 10.3. The number of hydrogen-bond acceptors (Lipinski definition) is 3. The molecule has 0 saturated carbocycles. The van der Waals surface area contributed by atoms with Gasteiger partial charge in [0.1, 0.15) is 5.60 Å². The van der Waals surface area contributed by atoms with Crippen LogP contribution in [-0.4, -0.2) is 25.9 Å². The Morgan fingerprint density at radius 3 is 2.42 bits per heavy atom. The first-order valence-corrected chi connectivity index (χ1v) is 4.06. The van der Waals surface area contributed by atoms with E-state index >= 15 is 0 Å². The van der Waals surface area contributed by atoms with E-state index in [1.165, 1.54) is 0 Å². The summed E-state index contributed by atoms with van der Waals surface area (Å²) in [7, 11) is 1.66. The van der Waals surface area contributed by atoms with Crippen LogP contribution in [-0.2, 0) is 9.47 Å². The highest BCUT2D eigenvalue weighted by Gasteiger charge is 2.11. The maximum atomic E-state index is 5.42. The fraction of sp³-hybridized carbons (Fsp3) is 0.778. The predicted molar refractivity (Wildman–Crippen MR) is 49.9 cm³/mol. The fourth-order valence-corrected chi connectivity index (χ4v) is 0.698. The van der Waals surface area contributed by atoms with E-state index in [2.05, 4.69) is 11.9 Å². The van der Waals surface area contributed by atoms with Gasteiger partial charge in [0.05, 0.1) is 6.61 Å². The Balaban J connectivity index is 3.47. The molecule has 0 fully saturated rings. The second kappa shape index (κ2) is 5.04. The van der Waals surface area contributed by atoms with Crippen LogP contribution in [0, 0.1) is 0 Å². The van der Waals surface area contributed by atoms with Crippen LogP contribution in [0.3, 0.4) is 0 Å². The van der Waals surface area contributed by atoms with Gasteiger partial charge in [-0.25, -0.2) is 0 Å². The third-order valence-electron chi connectivity index (χ3n) is 1.06. The summed E-state index contributed by atoms with van der Waals surface area (Å²) in [5, 5.41) is 3.00. The lowest BCUT2D eigenvalue weighted by Gasteiger charge is -2.23. The van der Waals surface area contributed by atoms with Gasteiger partial charge in [-0.1, -0.05) is 0 Å². The molecule has 0 aromatic heterocycles. The van der Waals surface area contributed by atoms with Crippen molar-refractivity contribution in [2.24, 2.45) is 0 Å². The van der Waals surface area contributed by atoms with Gasteiger partial charge >= 0.3 is 0 Å². The zero-order valence-corrected chi connectivity index (χ0v) is 8.44. The smallest absolute Gasteiger partial charge is 0.179 e. The van der Waals surface area contributed by atoms with Crippen LogP contribution in [0.5, 0.6) is 0 Å². The van der Waals surface area contributed by atoms with Crippen molar-refractivity contribution in [1.82, 2.24) is 5.32 Å². The molecule has 0 amide bonds. The molecule has 0 bridgehead atoms. The van der Waals surface area contributed by atoms with Crippen LogP contribution in [0.4, 0.5) is 0 Å². The standard InChI is InChI=1S/C9H19NO2/c1-8(10-6-7-11-5)12-9(2,3)4/h10H,1,6-7H2,2-5H3. The minimum Gasteiger partial charge on any atom is -0.474 e. The number of hydrogen-bond donors (Lipinski definition) is 1. The Morgan fingerprint density at radius 2 is 2.00 bits per heavy atom. The Kier molecular flexibility index (Phi) is 4.74. The molecule has 0 aliphatic carbocycles. The van der Waals surface area contributed by atoms with E-state index in [-0.39, 0.29) is 5.60 Å². The van der Waals surface area contributed by atoms with Gasteiger partial charge in [0.2, 0.25) is 0 Å². The first kappa shape index (κ1) is 11.3. The van der Waals surface area contributed by atoms with Crippen LogP contribution in [0.2, 0.25) is 0 Å². The third-order valence-corrected chi connectivity index (χ3v) is 1.06. The maximum absolute atomic E-state index is 5.42. The normalized spacial score (nSPS) is 11.0. The van der Waals surface area contributed by atoms with Crippen LogP contribution in [0.25, 0.3) is 0 Å². The van der Waals surface area contributed by atoms with E-state index in [1.54, 1.807) is 7.11 Å². The second-order valence-electron chi connectivity index (χ2n) is 3.56. The Labute approximate surface area is 74.7 Å². The highest BCUT2D eigenvalue weighted by atomic mass is 16.5. The molecular weight excluding hydrogens is 154 g/mol. The van der Waals surface area contributed by atoms with Gasteiger partial charge in [0, 0.05) is 13.7 Å². The van der Waals surface area contributed by atoms with Crippen molar-refractivity contribution in [3.8, 4) is 0 Å². The molecule has 12 heavy (non-hydrogen) atoms. The summed E-state index contributed by atoms with van der Waals surface area (Å²) in [5.74, 6) is 0.597. The Bertz CT molecular complexity index is 138. The third kappa shape index (κ3) is 7.41. The average molecular weight is 173 g/mol. The van der Waals surface area contributed by atoms with Gasteiger partial charge in [-0.05, 0) is 27.4 Å². The summed E-state index contributed by atoms with van der Waals surface area (Å²) in [4.78, 5) is 0. The number of nitrogens with one attached hydrogen (secondary N) is 1. The summed E-state index contributed by atoms with van der Waals surface area (Å²) >= 11 is 0. The van der Waals surface area contributed by atoms with Crippen molar-refractivity contribution in [2.75, 3.05) is 20.3 Å². The zero-order valence-electron chi connectivity index (χ0n) is 8.44. The highest BCUT2D eigenvalue weighted by molar-refractivity contribution is 4.82. The van der Waals surface area contributed by atoms with Gasteiger partial charge in [-0.15, -0.1) is 0 Å². The molecule has 0 aromatic rings. The summed E-state index contributed by atoms with van der Waals surface area (Å²) in [6, 6.07) is 0. The van der Waals surface area contributed by atoms with Gasteiger partial charge in [-0.3, -0.25) is 0 Å². The molecule has 0 saturated heterocycles. The zero-order chi connectivity index (χ0) is 9.61. The van der Waals surface area contributed by atoms with E-state index in [0.717, 1.165) is 6.54 Å². The summed E-state index contributed by atoms with van der Waals surface area (Å²) in [5.41, 5.74) is -0.183. The quantitative estimate of drug-likeness (QED) is 0.505. The van der Waals surface area contributed by atoms with Gasteiger partial charge in [0.25, 0.3) is 0 Å². The summed E-state index contributed by atoms with van der Waals surface area (Å²) in [6.45, 7) is 11.1. The molecule has 0 aliphatic heterocycles. The fourth-order valence-electron chi connectivity index (χ4n) is 0.698. The van der Waals surface area contributed by atoms with Gasteiger partial charge in [0.15, 0.2) is 5.88 Å². The van der Waals surface area contributed by atoms with Crippen LogP contribution in [0.1, 0.15) is 20.8 Å². The number of methoxy groups -OCH3 is 1. The second-order valence-corrected chi connectivity index (χ2v) is 3.56. The van der Waals surface area contributed by atoms with Crippen molar-refractivity contribution < 1.29 is 9.47 Å². The van der Waals surface area contributed by atoms with Crippen molar-refractivity contribution >= 4 is 0 Å². The van der Waals surface area contributed by atoms with Crippen molar-refractivity contribution in [2.45, 2.75) is 26.4 Å². The highest BCUT2D eigenvalue weighted by Crippen LogP contribution is 2.09. The molecule has 0 unspecified atom stereocenters. The maximum Gasteiger partial charge on any atom is 0.179 e. The topological polar surface area (TPSA) is 30.5 Å². The lowest BCUT2D eigenvalue weighted by atomic mass is 10.2. The molecule has 1 N–H and O–H groups in total. The lowest BCUT2D eigenvalue weighted by Crippen LogP contribution is -2.27. The van der Waals surface area contributed by atoms with Crippen molar-refractivity contribution in [1.29, 1.82) is 0 Å². The first-order chi connectivity index (χ1) is 5.45. The summed E-state index contributed by atoms with van der Waals surface area (Å²) in [6.07, 6.45) is 0. The molecule has 72 valence electrons. The van der Waals surface area contributed by atoms with Crippen LogP contribution in [0.15, 0.2) is 12.5 Å². The molecule has 0 atom stereocenters. The molecule has 0 heterocycles. The minimum atomic E-state index is -0.183. The number of ether oxygens (including phenoxy) is 2. The van der Waals surface area contributed by atoms with Crippen LogP contribution >= 0.6 is 0 Å². The molecule has 0 rings (SSSR count). The largest absolute Gasteiger partial charge is 0.474 e. The Hall–Kier alpha value is -0.700. The lowest BCUT2D eigenvalue weighted by molar-refractivity contribution is 0.0396. The molecule has 0 radical (unpaired) electrons. The van der Waals surface area contributed by atoms with E-state index < -0.39 is 0 Å². The molecule has 3 nitrogen and oxygen atoms in total. The minimum absolute atomic E-state index is 0.183. The number of rotatable bonds is 5. The molecular formula is C9H19NO2. The van der Waals surface area contributed by atoms with E-state index in [4.69, 9.17) is 9.47 Å². The predicted octanol–water partition coefficient (Wildman–Crippen LogP) is 1.51. The monoisotopic (exact) mass is 173 g/mol. The van der Waals surface area contributed by atoms with E-state index in [0.29, 0.717) is 12.5 Å². The van der Waals surface area contributed by atoms with Crippen molar-refractivity contribution in [3.05, 3.63) is 12.5 Å². The molecule has 3 heteroatoms. The van der Waals surface area contributed by atoms with Crippen molar-refractivity contribution in [3.63, 3.8) is 0 Å². The molecule has 0 aromatic carbocycles. The molecule has 0 aliphatic rings. The van der Waals surface area contributed by atoms with Crippen LogP contribution < -0.4 is 5.32 Å². The van der Waals surface area contributed by atoms with E-state index in [1.807, 2.05) is 20.8 Å². The Morgan fingerprint density at radius 1 is 1.42 bits per heavy atom. The average Bonchev–Trinajstić information content (AvgIpc) is 1.84. The first-order valence-electron chi connectivity index (χ1n) is 4.06. The van der Waals surface area contributed by atoms with Gasteiger partial charge in [-0.2, -0.15) is 0 Å². The molecule has 0 spiro atoms. The van der Waals surface area contributed by atoms with Gasteiger partial charge < -0.3 is 14.8 Å².